The zero-order chi connectivity index (χ0) is 25.3. The molecule has 200 valence electrons. The number of carbonyl (C=O) groups is 1. The fourth-order valence-electron chi connectivity index (χ4n) is 5.20. The van der Waals surface area contributed by atoms with Crippen LogP contribution in [0, 0.1) is 6.92 Å². The lowest BCUT2D eigenvalue weighted by Gasteiger charge is -2.16. The average Bonchev–Trinajstić information content (AvgIpc) is 3.02. The maximum absolute atomic E-state index is 12.8. The van der Waals surface area contributed by atoms with Gasteiger partial charge in [-0.2, -0.15) is 0 Å². The van der Waals surface area contributed by atoms with Crippen LogP contribution in [0.4, 0.5) is 0 Å². The quantitative estimate of drug-likeness (QED) is 0.246. The van der Waals surface area contributed by atoms with E-state index in [9.17, 15) is 13.2 Å². The standard InChI is InChI=1S/C30H43NO3S.H3N/c1-4-5-6-7-8-9-10-11-12-13-14-18-21-26-23-28-29(30(32)31(3)35(28,33)34)24(2)27(26)22-25-19-16-15-17-20-25;/h15-17,19-20,23H,4-14,18,21-22H2,1-3H3;1H3. The number of nitrogens with zero attached hydrogens (tertiary/aromatic N) is 1. The van der Waals surface area contributed by atoms with Gasteiger partial charge in [-0.05, 0) is 54.5 Å². The Labute approximate surface area is 219 Å². The molecule has 6 heteroatoms. The molecule has 1 heterocycles. The van der Waals surface area contributed by atoms with E-state index in [0.717, 1.165) is 40.3 Å². The van der Waals surface area contributed by atoms with Crippen molar-refractivity contribution in [1.82, 2.24) is 10.5 Å². The maximum Gasteiger partial charge on any atom is 0.269 e. The van der Waals surface area contributed by atoms with Gasteiger partial charge < -0.3 is 6.15 Å². The summed E-state index contributed by atoms with van der Waals surface area (Å²) in [5.74, 6) is -0.413. The van der Waals surface area contributed by atoms with Crippen LogP contribution in [-0.2, 0) is 22.9 Å². The Bertz CT molecular complexity index is 1080. The van der Waals surface area contributed by atoms with Crippen molar-refractivity contribution in [1.29, 1.82) is 0 Å². The van der Waals surface area contributed by atoms with Crippen molar-refractivity contribution in [2.24, 2.45) is 0 Å². The number of aryl methyl sites for hydroxylation is 1. The van der Waals surface area contributed by atoms with Crippen LogP contribution in [0.3, 0.4) is 0 Å². The average molecular weight is 515 g/mol. The predicted molar refractivity (Wildman–Crippen MR) is 150 cm³/mol. The summed E-state index contributed by atoms with van der Waals surface area (Å²) in [4.78, 5) is 13.0. The van der Waals surface area contributed by atoms with Crippen molar-refractivity contribution >= 4 is 15.9 Å². The molecule has 3 rings (SSSR count). The largest absolute Gasteiger partial charge is 0.344 e. The summed E-state index contributed by atoms with van der Waals surface area (Å²) in [5, 5.41) is 0. The number of rotatable bonds is 15. The Balaban J connectivity index is 0.00000456. The lowest BCUT2D eigenvalue weighted by molar-refractivity contribution is 0.0891. The Morgan fingerprint density at radius 2 is 1.33 bits per heavy atom. The van der Waals surface area contributed by atoms with E-state index >= 15 is 0 Å². The molecule has 1 aliphatic heterocycles. The molecule has 0 bridgehead atoms. The van der Waals surface area contributed by atoms with Gasteiger partial charge in [0.05, 0.1) is 5.56 Å². The highest BCUT2D eigenvalue weighted by Crippen LogP contribution is 2.36. The highest BCUT2D eigenvalue weighted by molar-refractivity contribution is 7.90. The van der Waals surface area contributed by atoms with Crippen molar-refractivity contribution in [3.8, 4) is 0 Å². The summed E-state index contributed by atoms with van der Waals surface area (Å²) < 4.78 is 26.6. The molecule has 5 nitrogen and oxygen atoms in total. The molecule has 1 amide bonds. The van der Waals surface area contributed by atoms with Crippen molar-refractivity contribution < 1.29 is 13.2 Å². The van der Waals surface area contributed by atoms with Crippen molar-refractivity contribution in [3.05, 3.63) is 64.2 Å². The summed E-state index contributed by atoms with van der Waals surface area (Å²) in [6.45, 7) is 4.17. The Morgan fingerprint density at radius 3 is 1.89 bits per heavy atom. The summed E-state index contributed by atoms with van der Waals surface area (Å²) in [6.07, 6.45) is 17.1. The molecule has 0 aliphatic carbocycles. The molecule has 0 unspecified atom stereocenters. The van der Waals surface area contributed by atoms with Crippen LogP contribution in [0.2, 0.25) is 0 Å². The van der Waals surface area contributed by atoms with Crippen LogP contribution in [0.25, 0.3) is 0 Å². The molecule has 0 aromatic heterocycles. The van der Waals surface area contributed by atoms with Gasteiger partial charge in [0.1, 0.15) is 4.90 Å². The second-order valence-electron chi connectivity index (χ2n) is 10.1. The number of carbonyl (C=O) groups excluding carboxylic acids is 1. The van der Waals surface area contributed by atoms with E-state index < -0.39 is 15.9 Å². The van der Waals surface area contributed by atoms with E-state index in [2.05, 4.69) is 19.1 Å². The third-order valence-corrected chi connectivity index (χ3v) is 9.19. The highest BCUT2D eigenvalue weighted by atomic mass is 32.2. The van der Waals surface area contributed by atoms with E-state index in [0.29, 0.717) is 12.0 Å². The SMILES string of the molecule is CCCCCCCCCCCCCCc1cc2c(c(C)c1Cc1ccccc1)C(=O)N(C)S2(=O)=O.N. The van der Waals surface area contributed by atoms with Crippen LogP contribution in [0.5, 0.6) is 0 Å². The Kier molecular flexibility index (Phi) is 12.1. The zero-order valence-corrected chi connectivity index (χ0v) is 23.5. The number of benzene rings is 2. The van der Waals surface area contributed by atoms with Gasteiger partial charge in [0.15, 0.2) is 0 Å². The minimum atomic E-state index is -3.74. The third-order valence-electron chi connectivity index (χ3n) is 7.43. The normalized spacial score (nSPS) is 14.1. The minimum Gasteiger partial charge on any atom is -0.344 e. The molecule has 0 spiro atoms. The first-order valence-corrected chi connectivity index (χ1v) is 15.0. The summed E-state index contributed by atoms with van der Waals surface area (Å²) in [7, 11) is -2.38. The molecular formula is C30H46N2O3S. The number of hydrogen-bond acceptors (Lipinski definition) is 4. The second-order valence-corrected chi connectivity index (χ2v) is 12.0. The van der Waals surface area contributed by atoms with E-state index in [1.165, 1.54) is 76.8 Å². The van der Waals surface area contributed by atoms with E-state index in [-0.39, 0.29) is 11.0 Å². The van der Waals surface area contributed by atoms with E-state index in [1.54, 1.807) is 6.07 Å². The number of sulfonamides is 1. The van der Waals surface area contributed by atoms with Crippen molar-refractivity contribution in [2.75, 3.05) is 7.05 Å². The van der Waals surface area contributed by atoms with E-state index in [1.807, 2.05) is 25.1 Å². The summed E-state index contributed by atoms with van der Waals surface area (Å²) in [6, 6.07) is 12.0. The number of fused-ring (bicyclic) bond motifs is 1. The fourth-order valence-corrected chi connectivity index (χ4v) is 6.60. The monoisotopic (exact) mass is 514 g/mol. The molecule has 2 aromatic carbocycles. The summed E-state index contributed by atoms with van der Waals surface area (Å²) in [5.41, 5.74) is 4.53. The first-order chi connectivity index (χ1) is 16.9. The van der Waals surface area contributed by atoms with Crippen LogP contribution < -0.4 is 6.15 Å². The first kappa shape index (κ1) is 30.0. The molecule has 0 radical (unpaired) electrons. The molecule has 3 N–H and O–H groups in total. The maximum atomic E-state index is 12.8. The molecule has 36 heavy (non-hydrogen) atoms. The molecule has 2 aromatic rings. The van der Waals surface area contributed by atoms with Gasteiger partial charge in [0.2, 0.25) is 0 Å². The van der Waals surface area contributed by atoms with Gasteiger partial charge in [-0.25, -0.2) is 12.7 Å². The smallest absolute Gasteiger partial charge is 0.269 e. The van der Waals surface area contributed by atoms with Crippen LogP contribution in [-0.4, -0.2) is 25.7 Å². The lowest BCUT2D eigenvalue weighted by atomic mass is 9.89. The van der Waals surface area contributed by atoms with Crippen LogP contribution in [0.15, 0.2) is 41.3 Å². The van der Waals surface area contributed by atoms with Crippen LogP contribution >= 0.6 is 0 Å². The predicted octanol–water partition coefficient (Wildman–Crippen LogP) is 7.77. The van der Waals surface area contributed by atoms with Crippen molar-refractivity contribution in [2.45, 2.75) is 109 Å². The minimum absolute atomic E-state index is 0. The zero-order valence-electron chi connectivity index (χ0n) is 22.7. The molecule has 0 saturated heterocycles. The number of unbranched alkanes of at least 4 members (excludes halogenated alkanes) is 11. The molecule has 0 fully saturated rings. The Hall–Kier alpha value is -2.18. The Morgan fingerprint density at radius 1 is 0.806 bits per heavy atom. The van der Waals surface area contributed by atoms with Gasteiger partial charge in [-0.3, -0.25) is 4.79 Å². The fraction of sp³-hybridized carbons (Fsp3) is 0.567. The summed E-state index contributed by atoms with van der Waals surface area (Å²) >= 11 is 0. The van der Waals surface area contributed by atoms with E-state index in [4.69, 9.17) is 0 Å². The molecule has 0 saturated carbocycles. The van der Waals surface area contributed by atoms with Gasteiger partial charge in [0, 0.05) is 7.05 Å². The second kappa shape index (κ2) is 14.5. The molecule has 0 atom stereocenters. The third kappa shape index (κ3) is 7.42. The lowest BCUT2D eigenvalue weighted by Crippen LogP contribution is -2.25. The number of hydrogen-bond donors (Lipinski definition) is 1. The van der Waals surface area contributed by atoms with Gasteiger partial charge in [-0.15, -0.1) is 0 Å². The highest BCUT2D eigenvalue weighted by Gasteiger charge is 2.41. The van der Waals surface area contributed by atoms with Gasteiger partial charge >= 0.3 is 0 Å². The van der Waals surface area contributed by atoms with Gasteiger partial charge in [-0.1, -0.05) is 108 Å². The number of amides is 1. The van der Waals surface area contributed by atoms with Crippen LogP contribution in [0.1, 0.15) is 117 Å². The molecule has 1 aliphatic rings. The first-order valence-electron chi connectivity index (χ1n) is 13.6. The molecular weight excluding hydrogens is 468 g/mol. The topological polar surface area (TPSA) is 89.5 Å². The van der Waals surface area contributed by atoms with Gasteiger partial charge in [0.25, 0.3) is 15.9 Å². The van der Waals surface area contributed by atoms with Crippen molar-refractivity contribution in [3.63, 3.8) is 0 Å².